The fourth-order valence-electron chi connectivity index (χ4n) is 3.37. The number of aliphatic hydroxyl groups is 1. The van der Waals surface area contributed by atoms with Crippen LogP contribution in [-0.2, 0) is 6.54 Å². The van der Waals surface area contributed by atoms with Crippen LogP contribution >= 0.6 is 24.0 Å². The molecule has 1 unspecified atom stereocenters. The third-order valence-electron chi connectivity index (χ3n) is 4.98. The fraction of sp³-hybridized carbons (Fsp3) is 0.400. The summed E-state index contributed by atoms with van der Waals surface area (Å²) in [7, 11) is 0. The normalized spacial score (nSPS) is 14.3. The second-order valence-corrected chi connectivity index (χ2v) is 7.87. The number of rotatable bonds is 9. The first-order valence-electron chi connectivity index (χ1n) is 11.0. The van der Waals surface area contributed by atoms with Gasteiger partial charge in [-0.05, 0) is 56.2 Å². The molecule has 3 rings (SSSR count). The van der Waals surface area contributed by atoms with Gasteiger partial charge in [-0.15, -0.1) is 24.0 Å². The van der Waals surface area contributed by atoms with Crippen LogP contribution in [0.15, 0.2) is 65.7 Å². The first-order chi connectivity index (χ1) is 15.0. The highest BCUT2D eigenvalue weighted by Crippen LogP contribution is 2.19. The molecular weight excluding hydrogens is 515 g/mol. The van der Waals surface area contributed by atoms with Crippen LogP contribution in [0.2, 0.25) is 0 Å². The van der Waals surface area contributed by atoms with Crippen molar-refractivity contribution in [3.8, 4) is 5.75 Å². The Morgan fingerprint density at radius 3 is 2.28 bits per heavy atom. The molecule has 0 radical (unpaired) electrons. The summed E-state index contributed by atoms with van der Waals surface area (Å²) < 4.78 is 5.66. The third kappa shape index (κ3) is 8.02. The zero-order chi connectivity index (χ0) is 22.1. The Kier molecular flexibility index (Phi) is 10.8. The van der Waals surface area contributed by atoms with E-state index >= 15 is 0 Å². The molecule has 1 atom stereocenters. The molecule has 0 bridgehead atoms. The largest absolute Gasteiger partial charge is 0.491 e. The lowest BCUT2D eigenvalue weighted by Gasteiger charge is -2.18. The monoisotopic (exact) mass is 550 g/mol. The molecule has 174 valence electrons. The molecule has 0 aliphatic carbocycles. The SMILES string of the molecule is CCNC(=NCc1ccc(N2CC=CC2)cc1)NCC(O)c1ccc(OC(C)C)cc1.I. The number of benzene rings is 2. The first-order valence-corrected chi connectivity index (χ1v) is 11.0. The minimum absolute atomic E-state index is 0. The van der Waals surface area contributed by atoms with Gasteiger partial charge in [-0.2, -0.15) is 0 Å². The highest BCUT2D eigenvalue weighted by molar-refractivity contribution is 14.0. The van der Waals surface area contributed by atoms with E-state index in [1.807, 2.05) is 45.0 Å². The minimum Gasteiger partial charge on any atom is -0.491 e. The second kappa shape index (κ2) is 13.3. The smallest absolute Gasteiger partial charge is 0.191 e. The van der Waals surface area contributed by atoms with E-state index in [0.717, 1.165) is 36.5 Å². The highest BCUT2D eigenvalue weighted by Gasteiger charge is 2.10. The molecule has 1 heterocycles. The summed E-state index contributed by atoms with van der Waals surface area (Å²) >= 11 is 0. The summed E-state index contributed by atoms with van der Waals surface area (Å²) in [4.78, 5) is 6.98. The Morgan fingerprint density at radius 2 is 1.69 bits per heavy atom. The molecule has 1 aliphatic rings. The maximum absolute atomic E-state index is 10.5. The van der Waals surface area contributed by atoms with Crippen molar-refractivity contribution in [2.75, 3.05) is 31.1 Å². The van der Waals surface area contributed by atoms with Gasteiger partial charge in [-0.1, -0.05) is 36.4 Å². The molecule has 6 nitrogen and oxygen atoms in total. The Balaban J connectivity index is 0.00000363. The molecule has 7 heteroatoms. The van der Waals surface area contributed by atoms with E-state index in [2.05, 4.69) is 56.9 Å². The van der Waals surface area contributed by atoms with Crippen LogP contribution in [0.5, 0.6) is 5.75 Å². The number of halogens is 1. The molecule has 0 amide bonds. The molecule has 0 aromatic heterocycles. The number of nitrogens with zero attached hydrogens (tertiary/aromatic N) is 2. The van der Waals surface area contributed by atoms with Gasteiger partial charge in [-0.3, -0.25) is 0 Å². The van der Waals surface area contributed by atoms with Crippen LogP contribution in [0, 0.1) is 0 Å². The molecular formula is C25H35IN4O2. The molecule has 2 aromatic rings. The number of aliphatic imine (C=N–C) groups is 1. The average molecular weight is 550 g/mol. The van der Waals surface area contributed by atoms with Crippen LogP contribution in [0.4, 0.5) is 5.69 Å². The summed E-state index contributed by atoms with van der Waals surface area (Å²) in [5.41, 5.74) is 3.22. The van der Waals surface area contributed by atoms with Crippen molar-refractivity contribution >= 4 is 35.6 Å². The molecule has 2 aromatic carbocycles. The van der Waals surface area contributed by atoms with E-state index in [1.165, 1.54) is 5.69 Å². The van der Waals surface area contributed by atoms with E-state index < -0.39 is 6.10 Å². The van der Waals surface area contributed by atoms with E-state index in [0.29, 0.717) is 19.0 Å². The number of guanidine groups is 1. The highest BCUT2D eigenvalue weighted by atomic mass is 127. The van der Waals surface area contributed by atoms with Crippen molar-refractivity contribution in [2.24, 2.45) is 4.99 Å². The molecule has 0 spiro atoms. The fourth-order valence-corrected chi connectivity index (χ4v) is 3.37. The van der Waals surface area contributed by atoms with Crippen molar-refractivity contribution in [1.82, 2.24) is 10.6 Å². The predicted molar refractivity (Wildman–Crippen MR) is 143 cm³/mol. The zero-order valence-corrected chi connectivity index (χ0v) is 21.5. The number of nitrogens with one attached hydrogen (secondary N) is 2. The standard InChI is InChI=1S/C25H34N4O2.HI/c1-4-26-25(27-17-20-7-11-22(12-8-20)29-15-5-6-16-29)28-18-24(30)21-9-13-23(14-10-21)31-19(2)3;/h5-14,19,24,30H,4,15-18H2,1-3H3,(H2,26,27,28);1H. The van der Waals surface area contributed by atoms with Crippen molar-refractivity contribution in [3.63, 3.8) is 0 Å². The third-order valence-corrected chi connectivity index (χ3v) is 4.98. The average Bonchev–Trinajstić information content (AvgIpc) is 3.31. The van der Waals surface area contributed by atoms with Crippen LogP contribution in [0.3, 0.4) is 0 Å². The molecule has 32 heavy (non-hydrogen) atoms. The van der Waals surface area contributed by atoms with E-state index in [4.69, 9.17) is 4.74 Å². The Labute approximate surface area is 208 Å². The lowest BCUT2D eigenvalue weighted by atomic mass is 10.1. The maximum atomic E-state index is 10.5. The predicted octanol–water partition coefficient (Wildman–Crippen LogP) is 4.26. The van der Waals surface area contributed by atoms with Gasteiger partial charge in [0.1, 0.15) is 5.75 Å². The molecule has 0 saturated carbocycles. The van der Waals surface area contributed by atoms with Crippen LogP contribution in [-0.4, -0.2) is 43.3 Å². The van der Waals surface area contributed by atoms with Gasteiger partial charge < -0.3 is 25.4 Å². The van der Waals surface area contributed by atoms with Gasteiger partial charge in [0, 0.05) is 31.9 Å². The molecule has 3 N–H and O–H groups in total. The van der Waals surface area contributed by atoms with Gasteiger partial charge in [0.25, 0.3) is 0 Å². The number of aliphatic hydroxyl groups excluding tert-OH is 1. The summed E-state index contributed by atoms with van der Waals surface area (Å²) in [5, 5.41) is 17.0. The Morgan fingerprint density at radius 1 is 1.03 bits per heavy atom. The molecule has 1 aliphatic heterocycles. The number of hydrogen-bond acceptors (Lipinski definition) is 4. The lowest BCUT2D eigenvalue weighted by Crippen LogP contribution is -2.39. The molecule has 0 saturated heterocycles. The number of ether oxygens (including phenoxy) is 1. The zero-order valence-electron chi connectivity index (χ0n) is 19.1. The van der Waals surface area contributed by atoms with E-state index in [-0.39, 0.29) is 30.1 Å². The van der Waals surface area contributed by atoms with Crippen LogP contribution in [0.1, 0.15) is 38.0 Å². The van der Waals surface area contributed by atoms with Crippen molar-refractivity contribution < 1.29 is 9.84 Å². The van der Waals surface area contributed by atoms with Crippen molar-refractivity contribution in [1.29, 1.82) is 0 Å². The van der Waals surface area contributed by atoms with Gasteiger partial charge in [0.15, 0.2) is 5.96 Å². The second-order valence-electron chi connectivity index (χ2n) is 7.87. The Bertz CT molecular complexity index is 859. The summed E-state index contributed by atoms with van der Waals surface area (Å²) in [5.74, 6) is 1.50. The first kappa shape index (κ1) is 26.0. The summed E-state index contributed by atoms with van der Waals surface area (Å²) in [6, 6.07) is 16.1. The van der Waals surface area contributed by atoms with Crippen molar-refractivity contribution in [2.45, 2.75) is 39.5 Å². The van der Waals surface area contributed by atoms with Gasteiger partial charge >= 0.3 is 0 Å². The molecule has 0 fully saturated rings. The maximum Gasteiger partial charge on any atom is 0.191 e. The minimum atomic E-state index is -0.634. The van der Waals surface area contributed by atoms with Crippen molar-refractivity contribution in [3.05, 3.63) is 71.8 Å². The van der Waals surface area contributed by atoms with Crippen LogP contribution in [0.25, 0.3) is 0 Å². The summed E-state index contributed by atoms with van der Waals surface area (Å²) in [6.07, 6.45) is 3.87. The number of hydrogen-bond donors (Lipinski definition) is 3. The quantitative estimate of drug-likeness (QED) is 0.189. The van der Waals surface area contributed by atoms with E-state index in [1.54, 1.807) is 0 Å². The Hall–Kier alpha value is -2.26. The topological polar surface area (TPSA) is 69.1 Å². The number of anilines is 1. The lowest BCUT2D eigenvalue weighted by molar-refractivity contribution is 0.180. The van der Waals surface area contributed by atoms with Gasteiger partial charge in [0.05, 0.1) is 18.8 Å². The summed E-state index contributed by atoms with van der Waals surface area (Å²) in [6.45, 7) is 9.66. The van der Waals surface area contributed by atoms with Gasteiger partial charge in [-0.25, -0.2) is 4.99 Å². The van der Waals surface area contributed by atoms with E-state index in [9.17, 15) is 5.11 Å². The van der Waals surface area contributed by atoms with Gasteiger partial charge in [0.2, 0.25) is 0 Å². The van der Waals surface area contributed by atoms with Crippen LogP contribution < -0.4 is 20.3 Å².